The molecule has 4 heterocycles. The first kappa shape index (κ1) is 30.7. The first-order chi connectivity index (χ1) is 27.8. The zero-order valence-corrected chi connectivity index (χ0v) is 30.2. The van der Waals surface area contributed by atoms with Crippen molar-refractivity contribution in [3.63, 3.8) is 0 Å². The Hall–Kier alpha value is -7.70. The summed E-state index contributed by atoms with van der Waals surface area (Å²) in [4.78, 5) is 10.4. The minimum absolute atomic E-state index is 0.889. The van der Waals surface area contributed by atoms with Gasteiger partial charge < -0.3 is 0 Å². The predicted octanol–water partition coefficient (Wildman–Crippen LogP) is 12.2. The van der Waals surface area contributed by atoms with Gasteiger partial charge in [0, 0.05) is 11.4 Å². The van der Waals surface area contributed by atoms with Crippen molar-refractivity contribution < 1.29 is 0 Å². The smallest absolute Gasteiger partial charge is 0.220 e. The van der Waals surface area contributed by atoms with Gasteiger partial charge >= 0.3 is 0 Å². The van der Waals surface area contributed by atoms with Crippen molar-refractivity contribution in [2.24, 2.45) is 0 Å². The second-order valence-corrected chi connectivity index (χ2v) is 14.4. The van der Waals surface area contributed by atoms with Gasteiger partial charge in [-0.25, -0.2) is 9.97 Å². The van der Waals surface area contributed by atoms with Crippen LogP contribution in [0.4, 0.5) is 0 Å². The summed E-state index contributed by atoms with van der Waals surface area (Å²) in [5.74, 6) is 1.78. The van der Waals surface area contributed by atoms with E-state index in [-0.39, 0.29) is 0 Å². The maximum atomic E-state index is 5.20. The van der Waals surface area contributed by atoms with Crippen LogP contribution >= 0.6 is 0 Å². The Bertz CT molecular complexity index is 3240. The van der Waals surface area contributed by atoms with Crippen LogP contribution < -0.4 is 0 Å². The lowest BCUT2D eigenvalue weighted by molar-refractivity contribution is 1.11. The van der Waals surface area contributed by atoms with Crippen LogP contribution in [0.25, 0.3) is 100 Å². The van der Waals surface area contributed by atoms with Crippen molar-refractivity contribution in [1.29, 1.82) is 0 Å². The number of hydrogen-bond donors (Lipinski definition) is 0. The zero-order chi connectivity index (χ0) is 36.7. The molecule has 262 valence electrons. The average Bonchev–Trinajstić information content (AvgIpc) is 4.00. The molecule has 0 saturated carbocycles. The summed E-state index contributed by atoms with van der Waals surface area (Å²) >= 11 is 0. The normalized spacial score (nSPS) is 11.9. The van der Waals surface area contributed by atoms with Crippen molar-refractivity contribution in [2.45, 2.75) is 0 Å². The van der Waals surface area contributed by atoms with Crippen molar-refractivity contribution in [3.8, 4) is 44.8 Å². The first-order valence-corrected chi connectivity index (χ1v) is 18.9. The van der Waals surface area contributed by atoms with Gasteiger partial charge in [0.25, 0.3) is 0 Å². The second-order valence-electron chi connectivity index (χ2n) is 14.4. The third-order valence-electron chi connectivity index (χ3n) is 11.2. The van der Waals surface area contributed by atoms with E-state index in [1.54, 1.807) is 0 Å². The number of fused-ring (bicyclic) bond motifs is 10. The number of nitrogens with zero attached hydrogens (tertiary/aromatic N) is 6. The molecule has 0 spiro atoms. The van der Waals surface area contributed by atoms with E-state index in [9.17, 15) is 0 Å². The Balaban J connectivity index is 1.07. The Kier molecular flexibility index (Phi) is 6.53. The fraction of sp³-hybridized carbons (Fsp3) is 0. The highest BCUT2D eigenvalue weighted by Crippen LogP contribution is 2.37. The molecular weight excluding hydrogens is 685 g/mol. The van der Waals surface area contributed by atoms with Gasteiger partial charge in [0.2, 0.25) is 11.6 Å². The molecule has 0 N–H and O–H groups in total. The Labute approximate surface area is 321 Å². The minimum Gasteiger partial charge on any atom is -0.278 e. The van der Waals surface area contributed by atoms with Crippen LogP contribution in [0.15, 0.2) is 194 Å². The van der Waals surface area contributed by atoms with Gasteiger partial charge in [0.05, 0.1) is 44.1 Å². The van der Waals surface area contributed by atoms with Crippen molar-refractivity contribution >= 4 is 55.7 Å². The molecule has 56 heavy (non-hydrogen) atoms. The van der Waals surface area contributed by atoms with Gasteiger partial charge in [-0.2, -0.15) is 0 Å². The molecule has 0 saturated heterocycles. The summed E-state index contributed by atoms with van der Waals surface area (Å²) < 4.78 is 9.19. The molecule has 12 rings (SSSR count). The highest BCUT2D eigenvalue weighted by Gasteiger charge is 2.21. The number of aromatic nitrogens is 6. The molecule has 4 aromatic heterocycles. The van der Waals surface area contributed by atoms with Crippen molar-refractivity contribution in [1.82, 2.24) is 27.9 Å². The second kappa shape index (κ2) is 11.9. The van der Waals surface area contributed by atoms with Crippen molar-refractivity contribution in [2.75, 3.05) is 0 Å². The average molecular weight is 717 g/mol. The third-order valence-corrected chi connectivity index (χ3v) is 11.2. The molecule has 0 atom stereocenters. The predicted molar refractivity (Wildman–Crippen MR) is 229 cm³/mol. The van der Waals surface area contributed by atoms with E-state index in [0.717, 1.165) is 78.2 Å². The largest absolute Gasteiger partial charge is 0.278 e. The van der Waals surface area contributed by atoms with Gasteiger partial charge in [-0.15, -0.1) is 0 Å². The molecule has 0 bridgehead atoms. The van der Waals surface area contributed by atoms with Crippen LogP contribution in [0.3, 0.4) is 0 Å². The van der Waals surface area contributed by atoms with E-state index >= 15 is 0 Å². The summed E-state index contributed by atoms with van der Waals surface area (Å²) in [6, 6.07) is 69.0. The topological polar surface area (TPSA) is 44.5 Å². The fourth-order valence-electron chi connectivity index (χ4n) is 8.58. The van der Waals surface area contributed by atoms with Gasteiger partial charge in [-0.05, 0) is 106 Å². The first-order valence-electron chi connectivity index (χ1n) is 18.9. The van der Waals surface area contributed by atoms with Crippen LogP contribution in [0.2, 0.25) is 0 Å². The van der Waals surface area contributed by atoms with Gasteiger partial charge in [-0.3, -0.25) is 17.9 Å². The third kappa shape index (κ3) is 4.56. The zero-order valence-electron chi connectivity index (χ0n) is 30.2. The number of para-hydroxylation sites is 4. The number of rotatable bonds is 5. The van der Waals surface area contributed by atoms with Gasteiger partial charge in [-0.1, -0.05) is 121 Å². The summed E-state index contributed by atoms with van der Waals surface area (Å²) in [5.41, 5.74) is 17.6. The molecular formula is C50H32N6. The lowest BCUT2D eigenvalue weighted by Crippen LogP contribution is -1.96. The lowest BCUT2D eigenvalue weighted by Gasteiger charge is -2.10. The highest BCUT2D eigenvalue weighted by atomic mass is 15.2. The van der Waals surface area contributed by atoms with Crippen LogP contribution in [-0.4, -0.2) is 27.9 Å². The molecule has 0 aliphatic rings. The summed E-state index contributed by atoms with van der Waals surface area (Å²) in [6.07, 6.45) is 0. The highest BCUT2D eigenvalue weighted by molar-refractivity contribution is 5.97. The molecule has 0 aliphatic heterocycles. The molecule has 0 amide bonds. The van der Waals surface area contributed by atoms with Gasteiger partial charge in [0.15, 0.2) is 0 Å². The molecule has 0 radical (unpaired) electrons. The van der Waals surface area contributed by atoms with E-state index in [2.05, 4.69) is 212 Å². The standard InChI is InChI=1S/C50H32N6/c1-3-13-33(14-4-1)35-17-11-19-39(29-35)53-45-27-25-37(31-47(45)55-43-23-9-7-21-41(43)51-49(53)55)38-26-28-46-48(32-38)56-44-24-10-8-22-42(44)52-50(56)54(46)40-20-12-18-36(30-40)34-15-5-2-6-16-34/h1-32H. The molecule has 6 heteroatoms. The van der Waals surface area contributed by atoms with Gasteiger partial charge in [0.1, 0.15) is 0 Å². The lowest BCUT2D eigenvalue weighted by atomic mass is 10.0. The number of hydrogen-bond acceptors (Lipinski definition) is 2. The quantitative estimate of drug-likeness (QED) is 0.178. The summed E-state index contributed by atoms with van der Waals surface area (Å²) in [7, 11) is 0. The maximum absolute atomic E-state index is 5.20. The SMILES string of the molecule is c1ccc(-c2cccc(-n3c4ccc(-c5ccc6c(c5)n5c7ccccc7nc5n6-c5cccc(-c6ccccc6)c5)cc4n4c5ccccc5nc34)c2)cc1. The Morgan fingerprint density at radius 1 is 0.268 bits per heavy atom. The fourth-order valence-corrected chi connectivity index (χ4v) is 8.58. The molecule has 12 aromatic rings. The van der Waals surface area contributed by atoms with E-state index in [1.165, 1.54) is 22.3 Å². The molecule has 6 nitrogen and oxygen atoms in total. The molecule has 0 unspecified atom stereocenters. The minimum atomic E-state index is 0.889. The van der Waals surface area contributed by atoms with Crippen LogP contribution in [-0.2, 0) is 0 Å². The monoisotopic (exact) mass is 716 g/mol. The van der Waals surface area contributed by atoms with E-state index in [0.29, 0.717) is 0 Å². The van der Waals surface area contributed by atoms with E-state index in [1.807, 2.05) is 0 Å². The molecule has 0 fully saturated rings. The summed E-state index contributed by atoms with van der Waals surface area (Å²) in [6.45, 7) is 0. The summed E-state index contributed by atoms with van der Waals surface area (Å²) in [5, 5.41) is 0. The number of benzene rings is 8. The Morgan fingerprint density at radius 2 is 0.661 bits per heavy atom. The van der Waals surface area contributed by atoms with Crippen LogP contribution in [0.1, 0.15) is 0 Å². The van der Waals surface area contributed by atoms with Crippen LogP contribution in [0, 0.1) is 0 Å². The molecule has 0 aliphatic carbocycles. The Morgan fingerprint density at radius 3 is 1.12 bits per heavy atom. The number of imidazole rings is 4. The van der Waals surface area contributed by atoms with Crippen molar-refractivity contribution in [3.05, 3.63) is 194 Å². The maximum Gasteiger partial charge on any atom is 0.220 e. The molecule has 8 aromatic carbocycles. The van der Waals surface area contributed by atoms with Crippen LogP contribution in [0.5, 0.6) is 0 Å². The van der Waals surface area contributed by atoms with E-state index in [4.69, 9.17) is 9.97 Å². The van der Waals surface area contributed by atoms with E-state index < -0.39 is 0 Å².